The fourth-order valence-electron chi connectivity index (χ4n) is 1.50. The molecule has 0 aliphatic heterocycles. The molecule has 0 saturated heterocycles. The van der Waals surface area contributed by atoms with Crippen molar-refractivity contribution in [3.8, 4) is 0 Å². The Morgan fingerprint density at radius 2 is 2.11 bits per heavy atom. The van der Waals surface area contributed by atoms with Gasteiger partial charge in [-0.15, -0.1) is 0 Å². The maximum absolute atomic E-state index is 11.4. The molecule has 0 spiro atoms. The van der Waals surface area contributed by atoms with Crippen LogP contribution in [0.15, 0.2) is 24.3 Å². The molecule has 0 aromatic heterocycles. The first-order valence-electron chi connectivity index (χ1n) is 6.03. The van der Waals surface area contributed by atoms with E-state index >= 15 is 0 Å². The summed E-state index contributed by atoms with van der Waals surface area (Å²) in [6.07, 6.45) is 0.765. The number of nitrogens with one attached hydrogen (secondary N) is 2. The van der Waals surface area contributed by atoms with Crippen LogP contribution < -0.4 is 16.4 Å². The van der Waals surface area contributed by atoms with Gasteiger partial charge in [-0.25, -0.2) is 4.79 Å². The number of primary amides is 1. The number of methoxy groups -OCH3 is 1. The Balaban J connectivity index is 2.33. The number of rotatable bonds is 7. The predicted molar refractivity (Wildman–Crippen MR) is 71.7 cm³/mol. The summed E-state index contributed by atoms with van der Waals surface area (Å²) in [6, 6.07) is 6.59. The van der Waals surface area contributed by atoms with E-state index < -0.39 is 5.91 Å². The number of urea groups is 1. The molecule has 6 nitrogen and oxygen atoms in total. The minimum atomic E-state index is -0.481. The molecule has 1 aromatic rings. The fraction of sp³-hybridized carbons (Fsp3) is 0.385. The molecule has 0 bridgehead atoms. The van der Waals surface area contributed by atoms with E-state index in [1.807, 2.05) is 6.07 Å². The molecule has 1 rings (SSSR count). The molecule has 6 heteroatoms. The smallest absolute Gasteiger partial charge is 0.315 e. The lowest BCUT2D eigenvalue weighted by Crippen LogP contribution is -2.35. The molecule has 0 aliphatic rings. The quantitative estimate of drug-likeness (QED) is 0.631. The van der Waals surface area contributed by atoms with E-state index in [0.717, 1.165) is 12.0 Å². The van der Waals surface area contributed by atoms with Gasteiger partial charge in [0, 0.05) is 32.4 Å². The van der Waals surface area contributed by atoms with Crippen LogP contribution in [-0.2, 0) is 11.3 Å². The monoisotopic (exact) mass is 265 g/mol. The second-order valence-corrected chi connectivity index (χ2v) is 4.02. The SMILES string of the molecule is COCCCNC(=O)NCc1cccc(C(N)=O)c1. The van der Waals surface area contributed by atoms with Crippen LogP contribution in [0.1, 0.15) is 22.3 Å². The van der Waals surface area contributed by atoms with Gasteiger partial charge in [-0.3, -0.25) is 4.79 Å². The van der Waals surface area contributed by atoms with Crippen molar-refractivity contribution >= 4 is 11.9 Å². The largest absolute Gasteiger partial charge is 0.385 e. The fourth-order valence-corrected chi connectivity index (χ4v) is 1.50. The summed E-state index contributed by atoms with van der Waals surface area (Å²) < 4.78 is 4.87. The molecule has 0 unspecified atom stereocenters. The Morgan fingerprint density at radius 3 is 2.79 bits per heavy atom. The van der Waals surface area contributed by atoms with Crippen molar-refractivity contribution in [2.75, 3.05) is 20.3 Å². The van der Waals surface area contributed by atoms with Gasteiger partial charge in [0.05, 0.1) is 0 Å². The lowest BCUT2D eigenvalue weighted by atomic mass is 10.1. The third kappa shape index (κ3) is 5.87. The van der Waals surface area contributed by atoms with E-state index in [-0.39, 0.29) is 6.03 Å². The standard InChI is InChI=1S/C13H19N3O3/c1-19-7-3-6-15-13(18)16-9-10-4-2-5-11(8-10)12(14)17/h2,4-5,8H,3,6-7,9H2,1H3,(H2,14,17)(H2,15,16,18). The van der Waals surface area contributed by atoms with E-state index in [1.165, 1.54) is 0 Å². The van der Waals surface area contributed by atoms with Gasteiger partial charge in [0.2, 0.25) is 5.91 Å². The molecule has 0 fully saturated rings. The molecule has 0 heterocycles. The molecule has 3 amide bonds. The summed E-state index contributed by atoms with van der Waals surface area (Å²) in [5, 5.41) is 5.40. The van der Waals surface area contributed by atoms with Crippen molar-refractivity contribution in [3.63, 3.8) is 0 Å². The number of amides is 3. The number of benzene rings is 1. The van der Waals surface area contributed by atoms with Gasteiger partial charge in [-0.05, 0) is 24.1 Å². The van der Waals surface area contributed by atoms with E-state index in [1.54, 1.807) is 25.3 Å². The summed E-state index contributed by atoms with van der Waals surface area (Å²) >= 11 is 0. The first kappa shape index (κ1) is 15.0. The van der Waals surface area contributed by atoms with Gasteiger partial charge in [0.1, 0.15) is 0 Å². The number of carbonyl (C=O) groups is 2. The zero-order chi connectivity index (χ0) is 14.1. The van der Waals surface area contributed by atoms with Gasteiger partial charge in [-0.2, -0.15) is 0 Å². The van der Waals surface area contributed by atoms with Gasteiger partial charge in [-0.1, -0.05) is 12.1 Å². The van der Waals surface area contributed by atoms with Crippen LogP contribution in [0, 0.1) is 0 Å². The number of hydrogen-bond donors (Lipinski definition) is 3. The third-order valence-electron chi connectivity index (χ3n) is 2.48. The lowest BCUT2D eigenvalue weighted by Gasteiger charge is -2.08. The van der Waals surface area contributed by atoms with Crippen LogP contribution >= 0.6 is 0 Å². The van der Waals surface area contributed by atoms with E-state index in [2.05, 4.69) is 10.6 Å². The highest BCUT2D eigenvalue weighted by Gasteiger charge is 2.03. The van der Waals surface area contributed by atoms with E-state index in [4.69, 9.17) is 10.5 Å². The molecule has 0 aliphatic carbocycles. The summed E-state index contributed by atoms with van der Waals surface area (Å²) in [5.74, 6) is -0.481. The van der Waals surface area contributed by atoms with E-state index in [9.17, 15) is 9.59 Å². The highest BCUT2D eigenvalue weighted by atomic mass is 16.5. The summed E-state index contributed by atoms with van der Waals surface area (Å²) in [7, 11) is 1.62. The van der Waals surface area contributed by atoms with Crippen LogP contribution in [-0.4, -0.2) is 32.2 Å². The van der Waals surface area contributed by atoms with Crippen molar-refractivity contribution in [2.45, 2.75) is 13.0 Å². The molecule has 1 aromatic carbocycles. The molecular weight excluding hydrogens is 246 g/mol. The zero-order valence-electron chi connectivity index (χ0n) is 10.9. The normalized spacial score (nSPS) is 9.95. The minimum absolute atomic E-state index is 0.249. The Hall–Kier alpha value is -2.08. The average molecular weight is 265 g/mol. The second-order valence-electron chi connectivity index (χ2n) is 4.02. The zero-order valence-corrected chi connectivity index (χ0v) is 10.9. The topological polar surface area (TPSA) is 93.4 Å². The predicted octanol–water partition coefficient (Wildman–Crippen LogP) is 0.621. The minimum Gasteiger partial charge on any atom is -0.385 e. The van der Waals surface area contributed by atoms with Crippen molar-refractivity contribution < 1.29 is 14.3 Å². The van der Waals surface area contributed by atoms with Crippen LogP contribution in [0.25, 0.3) is 0 Å². The Labute approximate surface area is 112 Å². The average Bonchev–Trinajstić information content (AvgIpc) is 2.41. The second kappa shape index (κ2) is 8.10. The Morgan fingerprint density at radius 1 is 1.32 bits per heavy atom. The number of carbonyl (C=O) groups excluding carboxylic acids is 2. The van der Waals surface area contributed by atoms with Crippen LogP contribution in [0.4, 0.5) is 4.79 Å². The third-order valence-corrected chi connectivity index (χ3v) is 2.48. The van der Waals surface area contributed by atoms with Crippen LogP contribution in [0.5, 0.6) is 0 Å². The van der Waals surface area contributed by atoms with Crippen molar-refractivity contribution in [1.29, 1.82) is 0 Å². The van der Waals surface area contributed by atoms with E-state index in [0.29, 0.717) is 25.3 Å². The number of nitrogens with two attached hydrogens (primary N) is 1. The highest BCUT2D eigenvalue weighted by molar-refractivity contribution is 5.92. The summed E-state index contributed by atoms with van der Waals surface area (Å²) in [4.78, 5) is 22.4. The molecule has 19 heavy (non-hydrogen) atoms. The molecule has 4 N–H and O–H groups in total. The highest BCUT2D eigenvalue weighted by Crippen LogP contribution is 2.04. The molecule has 0 saturated carbocycles. The first-order chi connectivity index (χ1) is 9.13. The van der Waals surface area contributed by atoms with Crippen molar-refractivity contribution in [3.05, 3.63) is 35.4 Å². The number of hydrogen-bond acceptors (Lipinski definition) is 3. The van der Waals surface area contributed by atoms with Gasteiger partial charge >= 0.3 is 6.03 Å². The van der Waals surface area contributed by atoms with Crippen molar-refractivity contribution in [2.24, 2.45) is 5.73 Å². The van der Waals surface area contributed by atoms with Gasteiger partial charge in [0.25, 0.3) is 0 Å². The maximum atomic E-state index is 11.4. The summed E-state index contributed by atoms with van der Waals surface area (Å²) in [5.41, 5.74) is 6.44. The van der Waals surface area contributed by atoms with Crippen LogP contribution in [0.2, 0.25) is 0 Å². The molecular formula is C13H19N3O3. The maximum Gasteiger partial charge on any atom is 0.315 e. The Kier molecular flexibility index (Phi) is 6.38. The molecule has 0 radical (unpaired) electrons. The Bertz CT molecular complexity index is 435. The molecule has 0 atom stereocenters. The summed E-state index contributed by atoms with van der Waals surface area (Å²) in [6.45, 7) is 1.51. The van der Waals surface area contributed by atoms with Crippen molar-refractivity contribution in [1.82, 2.24) is 10.6 Å². The first-order valence-corrected chi connectivity index (χ1v) is 6.03. The lowest BCUT2D eigenvalue weighted by molar-refractivity contribution is 0.1000. The molecule has 104 valence electrons. The van der Waals surface area contributed by atoms with Crippen LogP contribution in [0.3, 0.4) is 0 Å². The number of ether oxygens (including phenoxy) is 1. The van der Waals surface area contributed by atoms with Gasteiger partial charge < -0.3 is 21.1 Å². The van der Waals surface area contributed by atoms with Gasteiger partial charge in [0.15, 0.2) is 0 Å².